The highest BCUT2D eigenvalue weighted by Crippen LogP contribution is 2.23. The molecule has 0 unspecified atom stereocenters. The van der Waals surface area contributed by atoms with Gasteiger partial charge in [0.1, 0.15) is 0 Å². The van der Waals surface area contributed by atoms with Crippen LogP contribution in [0.15, 0.2) is 36.5 Å². The van der Waals surface area contributed by atoms with Crippen molar-refractivity contribution in [3.63, 3.8) is 0 Å². The van der Waals surface area contributed by atoms with E-state index in [1.54, 1.807) is 15.8 Å². The van der Waals surface area contributed by atoms with Crippen LogP contribution in [0.3, 0.4) is 0 Å². The lowest BCUT2D eigenvalue weighted by molar-refractivity contribution is -0.119. The molecular formula is C20H23N5O2. The summed E-state index contributed by atoms with van der Waals surface area (Å²) in [4.78, 5) is 19.2. The molecule has 1 amide bonds. The molecule has 140 valence electrons. The minimum atomic E-state index is -0.372. The molecule has 3 heterocycles. The average Bonchev–Trinajstić information content (AvgIpc) is 3.00. The summed E-state index contributed by atoms with van der Waals surface area (Å²) < 4.78 is 7.60. The number of ether oxygens (including phenoxy) is 1. The van der Waals surface area contributed by atoms with E-state index in [2.05, 4.69) is 15.3 Å². The zero-order valence-electron chi connectivity index (χ0n) is 16.0. The van der Waals surface area contributed by atoms with Crippen LogP contribution >= 0.6 is 0 Å². The van der Waals surface area contributed by atoms with E-state index in [4.69, 9.17) is 4.74 Å². The lowest BCUT2D eigenvalue weighted by Gasteiger charge is -2.41. The summed E-state index contributed by atoms with van der Waals surface area (Å²) in [6.07, 6.45) is 1.76. The first-order chi connectivity index (χ1) is 12.8. The summed E-state index contributed by atoms with van der Waals surface area (Å²) in [6, 6.07) is 9.78. The van der Waals surface area contributed by atoms with Crippen LogP contribution in [0.5, 0.6) is 0 Å². The molecule has 1 aliphatic rings. The fraction of sp³-hybridized carbons (Fsp3) is 0.400. The topological polar surface area (TPSA) is 73.1 Å². The quantitative estimate of drug-likeness (QED) is 0.698. The molecule has 0 spiro atoms. The Bertz CT molecular complexity index is 1010. The fourth-order valence-corrected chi connectivity index (χ4v) is 3.72. The molecule has 4 rings (SSSR count). The van der Waals surface area contributed by atoms with E-state index in [0.29, 0.717) is 18.8 Å². The Kier molecular flexibility index (Phi) is 4.19. The van der Waals surface area contributed by atoms with Crippen molar-refractivity contribution in [3.8, 4) is 5.69 Å². The number of benzene rings is 1. The number of pyridine rings is 1. The number of morpholine rings is 1. The molecule has 0 radical (unpaired) electrons. The van der Waals surface area contributed by atoms with Crippen molar-refractivity contribution in [3.05, 3.63) is 47.9 Å². The second-order valence-corrected chi connectivity index (χ2v) is 7.69. The normalized spacial score (nSPS) is 19.4. The van der Waals surface area contributed by atoms with E-state index < -0.39 is 0 Å². The number of fused-ring (bicyclic) bond motifs is 1. The Labute approximate surface area is 157 Å². The SMILES string of the molecule is Cc1c(C(=O)N2C[C@H](C)OC(C)(C)C2)nnn1-c1ccc2ncccc2c1. The molecule has 3 aromatic rings. The number of amides is 1. The number of carbonyl (C=O) groups is 1. The first-order valence-corrected chi connectivity index (χ1v) is 9.09. The standard InChI is InChI=1S/C20H23N5O2/c1-13-11-24(12-20(3,4)27-13)19(26)18-14(2)25(23-22-18)16-7-8-17-15(10-16)6-5-9-21-17/h5-10,13H,11-12H2,1-4H3/t13-/m0/s1. The third-order valence-corrected chi connectivity index (χ3v) is 4.78. The highest BCUT2D eigenvalue weighted by molar-refractivity contribution is 5.93. The zero-order chi connectivity index (χ0) is 19.2. The molecule has 0 aliphatic carbocycles. The molecule has 7 nitrogen and oxygen atoms in total. The lowest BCUT2D eigenvalue weighted by Crippen LogP contribution is -2.54. The van der Waals surface area contributed by atoms with Gasteiger partial charge < -0.3 is 9.64 Å². The predicted octanol–water partition coefficient (Wildman–Crippen LogP) is 2.76. The van der Waals surface area contributed by atoms with E-state index in [-0.39, 0.29) is 17.6 Å². The van der Waals surface area contributed by atoms with Gasteiger partial charge in [0.15, 0.2) is 5.69 Å². The number of nitrogens with zero attached hydrogens (tertiary/aromatic N) is 5. The molecule has 2 aromatic heterocycles. The van der Waals surface area contributed by atoms with Crippen LogP contribution in [0.4, 0.5) is 0 Å². The first kappa shape index (κ1) is 17.6. The highest BCUT2D eigenvalue weighted by Gasteiger charge is 2.35. The van der Waals surface area contributed by atoms with E-state index in [9.17, 15) is 4.79 Å². The molecule has 1 atom stereocenters. The number of carbonyl (C=O) groups excluding carboxylic acids is 1. The monoisotopic (exact) mass is 365 g/mol. The van der Waals surface area contributed by atoms with Crippen molar-refractivity contribution < 1.29 is 9.53 Å². The maximum absolute atomic E-state index is 13.1. The van der Waals surface area contributed by atoms with E-state index in [1.807, 2.05) is 58.0 Å². The number of rotatable bonds is 2. The molecule has 0 N–H and O–H groups in total. The summed E-state index contributed by atoms with van der Waals surface area (Å²) in [5, 5.41) is 9.43. The highest BCUT2D eigenvalue weighted by atomic mass is 16.5. The van der Waals surface area contributed by atoms with Crippen LogP contribution in [0, 0.1) is 6.92 Å². The van der Waals surface area contributed by atoms with Gasteiger partial charge in [-0.3, -0.25) is 9.78 Å². The van der Waals surface area contributed by atoms with Gasteiger partial charge in [-0.1, -0.05) is 11.3 Å². The number of aromatic nitrogens is 4. The van der Waals surface area contributed by atoms with Gasteiger partial charge >= 0.3 is 0 Å². The van der Waals surface area contributed by atoms with E-state index in [1.165, 1.54) is 0 Å². The van der Waals surface area contributed by atoms with Crippen molar-refractivity contribution >= 4 is 16.8 Å². The van der Waals surface area contributed by atoms with Gasteiger partial charge in [0.2, 0.25) is 0 Å². The van der Waals surface area contributed by atoms with Gasteiger partial charge in [-0.2, -0.15) is 0 Å². The van der Waals surface area contributed by atoms with Crippen LogP contribution in [0.1, 0.15) is 37.0 Å². The van der Waals surface area contributed by atoms with Gasteiger partial charge in [-0.25, -0.2) is 4.68 Å². The van der Waals surface area contributed by atoms with E-state index >= 15 is 0 Å². The smallest absolute Gasteiger partial charge is 0.276 e. The molecule has 27 heavy (non-hydrogen) atoms. The fourth-order valence-electron chi connectivity index (χ4n) is 3.72. The molecule has 0 saturated carbocycles. The molecule has 7 heteroatoms. The van der Waals surface area contributed by atoms with Crippen molar-refractivity contribution in [2.75, 3.05) is 13.1 Å². The van der Waals surface area contributed by atoms with E-state index in [0.717, 1.165) is 22.3 Å². The van der Waals surface area contributed by atoms with Crippen LogP contribution in [-0.2, 0) is 4.74 Å². The summed E-state index contributed by atoms with van der Waals surface area (Å²) >= 11 is 0. The van der Waals surface area contributed by atoms with Gasteiger partial charge in [0.25, 0.3) is 5.91 Å². The Morgan fingerprint density at radius 3 is 2.89 bits per heavy atom. The third kappa shape index (κ3) is 3.30. The summed E-state index contributed by atoms with van der Waals surface area (Å²) in [6.45, 7) is 8.93. The third-order valence-electron chi connectivity index (χ3n) is 4.78. The Morgan fingerprint density at radius 1 is 1.30 bits per heavy atom. The molecule has 1 aromatic carbocycles. The zero-order valence-corrected chi connectivity index (χ0v) is 16.0. The number of hydrogen-bond acceptors (Lipinski definition) is 5. The second kappa shape index (κ2) is 6.42. The van der Waals surface area contributed by atoms with Crippen molar-refractivity contribution in [1.82, 2.24) is 24.9 Å². The maximum Gasteiger partial charge on any atom is 0.276 e. The Hall–Kier alpha value is -2.80. The first-order valence-electron chi connectivity index (χ1n) is 9.09. The molecule has 1 aliphatic heterocycles. The minimum absolute atomic E-state index is 0.0129. The summed E-state index contributed by atoms with van der Waals surface area (Å²) in [5.74, 6) is -0.107. The summed E-state index contributed by atoms with van der Waals surface area (Å²) in [7, 11) is 0. The van der Waals surface area contributed by atoms with Crippen molar-refractivity contribution in [2.45, 2.75) is 39.4 Å². The van der Waals surface area contributed by atoms with Gasteiger partial charge in [-0.15, -0.1) is 5.10 Å². The molecule has 1 fully saturated rings. The van der Waals surface area contributed by atoms with Crippen LogP contribution in [0.25, 0.3) is 16.6 Å². The number of hydrogen-bond donors (Lipinski definition) is 0. The van der Waals surface area contributed by atoms with Gasteiger partial charge in [0, 0.05) is 24.7 Å². The Morgan fingerprint density at radius 2 is 2.11 bits per heavy atom. The second-order valence-electron chi connectivity index (χ2n) is 7.69. The Balaban J connectivity index is 1.66. The predicted molar refractivity (Wildman–Crippen MR) is 102 cm³/mol. The average molecular weight is 365 g/mol. The van der Waals surface area contributed by atoms with Crippen molar-refractivity contribution in [1.29, 1.82) is 0 Å². The maximum atomic E-state index is 13.1. The van der Waals surface area contributed by atoms with Crippen LogP contribution in [-0.4, -0.2) is 55.6 Å². The minimum Gasteiger partial charge on any atom is -0.369 e. The van der Waals surface area contributed by atoms with Crippen molar-refractivity contribution in [2.24, 2.45) is 0 Å². The van der Waals surface area contributed by atoms with Gasteiger partial charge in [-0.05, 0) is 52.0 Å². The largest absolute Gasteiger partial charge is 0.369 e. The molecular weight excluding hydrogens is 342 g/mol. The van der Waals surface area contributed by atoms with Crippen LogP contribution < -0.4 is 0 Å². The lowest BCUT2D eigenvalue weighted by atomic mass is 10.0. The van der Waals surface area contributed by atoms with Crippen LogP contribution in [0.2, 0.25) is 0 Å². The summed E-state index contributed by atoms with van der Waals surface area (Å²) in [5.41, 5.74) is 2.50. The van der Waals surface area contributed by atoms with Gasteiger partial charge in [0.05, 0.1) is 28.6 Å². The molecule has 0 bridgehead atoms. The molecule has 1 saturated heterocycles.